The summed E-state index contributed by atoms with van der Waals surface area (Å²) in [6.45, 7) is 6.53. The summed E-state index contributed by atoms with van der Waals surface area (Å²) < 4.78 is 0. The molecule has 0 aromatic carbocycles. The predicted octanol–water partition coefficient (Wildman–Crippen LogP) is 0.672. The van der Waals surface area contributed by atoms with Gasteiger partial charge in [-0.2, -0.15) is 0 Å². The van der Waals surface area contributed by atoms with Gasteiger partial charge in [-0.1, -0.05) is 20.3 Å². The van der Waals surface area contributed by atoms with Crippen LogP contribution in [-0.2, 0) is 4.79 Å². The van der Waals surface area contributed by atoms with E-state index in [9.17, 15) is 9.59 Å². The van der Waals surface area contributed by atoms with Crippen LogP contribution in [-0.4, -0.2) is 49.1 Å². The van der Waals surface area contributed by atoms with Gasteiger partial charge in [0.25, 0.3) is 0 Å². The van der Waals surface area contributed by atoms with Gasteiger partial charge in [0.2, 0.25) is 5.91 Å². The SMILES string of the molecule is CCCCNC(=O)NC(=O)CN1CCC(C)CC1CN. The van der Waals surface area contributed by atoms with Crippen molar-refractivity contribution in [3.63, 3.8) is 0 Å². The number of likely N-dealkylation sites (tertiary alicyclic amines) is 1. The van der Waals surface area contributed by atoms with E-state index in [1.54, 1.807) is 0 Å². The molecule has 6 heteroatoms. The molecule has 6 nitrogen and oxygen atoms in total. The van der Waals surface area contributed by atoms with Crippen molar-refractivity contribution in [2.75, 3.05) is 26.2 Å². The summed E-state index contributed by atoms with van der Waals surface area (Å²) in [5.41, 5.74) is 5.76. The maximum atomic E-state index is 11.8. The van der Waals surface area contributed by atoms with Crippen LogP contribution in [0.25, 0.3) is 0 Å². The summed E-state index contributed by atoms with van der Waals surface area (Å²) >= 11 is 0. The van der Waals surface area contributed by atoms with E-state index in [1.807, 2.05) is 0 Å². The van der Waals surface area contributed by atoms with Crippen LogP contribution in [0.3, 0.4) is 0 Å². The van der Waals surface area contributed by atoms with Gasteiger partial charge in [-0.05, 0) is 31.7 Å². The lowest BCUT2D eigenvalue weighted by Gasteiger charge is -2.37. The molecule has 4 N–H and O–H groups in total. The summed E-state index contributed by atoms with van der Waals surface area (Å²) in [4.78, 5) is 25.4. The molecule has 0 aliphatic carbocycles. The number of nitrogens with two attached hydrogens (primary N) is 1. The monoisotopic (exact) mass is 284 g/mol. The van der Waals surface area contributed by atoms with Gasteiger partial charge >= 0.3 is 6.03 Å². The molecule has 20 heavy (non-hydrogen) atoms. The van der Waals surface area contributed by atoms with Crippen LogP contribution in [0.15, 0.2) is 0 Å². The fourth-order valence-electron chi connectivity index (χ4n) is 2.53. The normalized spacial score (nSPS) is 23.4. The highest BCUT2D eigenvalue weighted by atomic mass is 16.2. The Bertz CT molecular complexity index is 322. The summed E-state index contributed by atoms with van der Waals surface area (Å²) in [6.07, 6.45) is 4.03. The van der Waals surface area contributed by atoms with Crippen molar-refractivity contribution < 1.29 is 9.59 Å². The largest absolute Gasteiger partial charge is 0.338 e. The Hall–Kier alpha value is -1.14. The van der Waals surface area contributed by atoms with Crippen LogP contribution in [0.2, 0.25) is 0 Å². The van der Waals surface area contributed by atoms with Crippen LogP contribution in [0.4, 0.5) is 4.79 Å². The standard InChI is InChI=1S/C14H28N4O2/c1-3-4-6-16-14(20)17-13(19)10-18-7-5-11(2)8-12(18)9-15/h11-12H,3-10,15H2,1-2H3,(H2,16,17,19,20). The Morgan fingerprint density at radius 2 is 2.15 bits per heavy atom. The molecule has 0 aromatic heterocycles. The van der Waals surface area contributed by atoms with Gasteiger partial charge < -0.3 is 11.1 Å². The number of piperidine rings is 1. The Labute approximate surface area is 121 Å². The molecule has 2 atom stereocenters. The van der Waals surface area contributed by atoms with Gasteiger partial charge in [-0.25, -0.2) is 4.79 Å². The van der Waals surface area contributed by atoms with E-state index in [-0.39, 0.29) is 18.5 Å². The average molecular weight is 284 g/mol. The minimum Gasteiger partial charge on any atom is -0.338 e. The van der Waals surface area contributed by atoms with E-state index in [0.29, 0.717) is 19.0 Å². The summed E-state index contributed by atoms with van der Waals surface area (Å²) in [6, 6.07) is -0.161. The zero-order valence-corrected chi connectivity index (χ0v) is 12.7. The lowest BCUT2D eigenvalue weighted by Crippen LogP contribution is -2.51. The number of hydrogen-bond acceptors (Lipinski definition) is 4. The number of carbonyl (C=O) groups excluding carboxylic acids is 2. The molecule has 2 unspecified atom stereocenters. The number of amides is 3. The molecule has 0 bridgehead atoms. The predicted molar refractivity (Wildman–Crippen MR) is 79.3 cm³/mol. The maximum absolute atomic E-state index is 11.8. The molecule has 1 saturated heterocycles. The number of urea groups is 1. The number of hydrogen-bond donors (Lipinski definition) is 3. The molecule has 0 saturated carbocycles. The van der Waals surface area contributed by atoms with E-state index in [4.69, 9.17) is 5.73 Å². The Morgan fingerprint density at radius 1 is 1.40 bits per heavy atom. The summed E-state index contributed by atoms with van der Waals surface area (Å²) in [5, 5.41) is 5.04. The average Bonchev–Trinajstić information content (AvgIpc) is 2.41. The number of imide groups is 1. The topological polar surface area (TPSA) is 87.5 Å². The first-order valence-corrected chi connectivity index (χ1v) is 7.58. The highest BCUT2D eigenvalue weighted by molar-refractivity contribution is 5.95. The van der Waals surface area contributed by atoms with Crippen molar-refractivity contribution >= 4 is 11.9 Å². The first kappa shape index (κ1) is 16.9. The fourth-order valence-corrected chi connectivity index (χ4v) is 2.53. The number of nitrogens with one attached hydrogen (secondary N) is 2. The van der Waals surface area contributed by atoms with Crippen molar-refractivity contribution in [2.24, 2.45) is 11.7 Å². The van der Waals surface area contributed by atoms with Crippen molar-refractivity contribution in [2.45, 2.75) is 45.6 Å². The number of nitrogens with zero attached hydrogens (tertiary/aromatic N) is 1. The quantitative estimate of drug-likeness (QED) is 0.626. The molecule has 0 radical (unpaired) electrons. The minimum absolute atomic E-state index is 0.243. The summed E-state index contributed by atoms with van der Waals surface area (Å²) in [7, 11) is 0. The minimum atomic E-state index is -0.405. The molecule has 3 amide bonds. The second-order valence-electron chi connectivity index (χ2n) is 5.65. The van der Waals surface area contributed by atoms with Crippen molar-refractivity contribution in [3.05, 3.63) is 0 Å². The van der Waals surface area contributed by atoms with Crippen LogP contribution < -0.4 is 16.4 Å². The molecule has 1 heterocycles. The second kappa shape index (κ2) is 8.92. The molecule has 0 aromatic rings. The first-order valence-electron chi connectivity index (χ1n) is 7.58. The van der Waals surface area contributed by atoms with Crippen molar-refractivity contribution in [1.82, 2.24) is 15.5 Å². The van der Waals surface area contributed by atoms with Crippen LogP contribution in [0.5, 0.6) is 0 Å². The fraction of sp³-hybridized carbons (Fsp3) is 0.857. The Balaban J connectivity index is 2.31. The molecular formula is C14H28N4O2. The molecule has 0 spiro atoms. The van der Waals surface area contributed by atoms with Crippen molar-refractivity contribution in [1.29, 1.82) is 0 Å². The summed E-state index contributed by atoms with van der Waals surface area (Å²) in [5.74, 6) is 0.396. The van der Waals surface area contributed by atoms with Crippen LogP contribution in [0.1, 0.15) is 39.5 Å². The van der Waals surface area contributed by atoms with Gasteiger partial charge in [-0.3, -0.25) is 15.0 Å². The third-order valence-corrected chi connectivity index (χ3v) is 3.79. The smallest absolute Gasteiger partial charge is 0.321 e. The van der Waals surface area contributed by atoms with Gasteiger partial charge in [0.15, 0.2) is 0 Å². The second-order valence-corrected chi connectivity index (χ2v) is 5.65. The highest BCUT2D eigenvalue weighted by Crippen LogP contribution is 2.21. The number of carbonyl (C=O) groups is 2. The van der Waals surface area contributed by atoms with E-state index >= 15 is 0 Å². The molecule has 1 aliphatic rings. The molecule has 116 valence electrons. The Morgan fingerprint density at radius 3 is 2.80 bits per heavy atom. The third kappa shape index (κ3) is 5.88. The van der Waals surface area contributed by atoms with E-state index in [2.05, 4.69) is 29.4 Å². The molecular weight excluding hydrogens is 256 g/mol. The molecule has 1 rings (SSSR count). The third-order valence-electron chi connectivity index (χ3n) is 3.79. The Kier molecular flexibility index (Phi) is 7.54. The van der Waals surface area contributed by atoms with Crippen LogP contribution in [0, 0.1) is 5.92 Å². The van der Waals surface area contributed by atoms with Gasteiger partial charge in [0.05, 0.1) is 6.54 Å². The highest BCUT2D eigenvalue weighted by Gasteiger charge is 2.26. The van der Waals surface area contributed by atoms with E-state index in [1.165, 1.54) is 0 Å². The zero-order valence-electron chi connectivity index (χ0n) is 12.7. The zero-order chi connectivity index (χ0) is 15.0. The maximum Gasteiger partial charge on any atom is 0.321 e. The molecule has 1 fully saturated rings. The van der Waals surface area contributed by atoms with Gasteiger partial charge in [0.1, 0.15) is 0 Å². The lowest BCUT2D eigenvalue weighted by molar-refractivity contribution is -0.122. The number of unbranched alkanes of at least 4 members (excludes halogenated alkanes) is 1. The van der Waals surface area contributed by atoms with Crippen molar-refractivity contribution in [3.8, 4) is 0 Å². The number of rotatable bonds is 6. The lowest BCUT2D eigenvalue weighted by atomic mass is 9.92. The van der Waals surface area contributed by atoms with Crippen LogP contribution >= 0.6 is 0 Å². The van der Waals surface area contributed by atoms with E-state index in [0.717, 1.165) is 32.2 Å². The van der Waals surface area contributed by atoms with E-state index < -0.39 is 6.03 Å². The van der Waals surface area contributed by atoms with Gasteiger partial charge in [0, 0.05) is 19.1 Å². The first-order chi connectivity index (χ1) is 9.56. The molecule has 1 aliphatic heterocycles. The van der Waals surface area contributed by atoms with Gasteiger partial charge in [-0.15, -0.1) is 0 Å².